The number of benzene rings is 1. The van der Waals surface area contributed by atoms with Crippen LogP contribution in [0.25, 0.3) is 11.1 Å². The van der Waals surface area contributed by atoms with Gasteiger partial charge in [-0.25, -0.2) is 0 Å². The van der Waals surface area contributed by atoms with Crippen LogP contribution in [0.15, 0.2) is 36.5 Å². The van der Waals surface area contributed by atoms with Gasteiger partial charge in [0.25, 0.3) is 0 Å². The number of halogens is 3. The molecule has 1 fully saturated rings. The summed E-state index contributed by atoms with van der Waals surface area (Å²) in [5.41, 5.74) is 0.338. The molecule has 5 atom stereocenters. The predicted octanol–water partition coefficient (Wildman–Crippen LogP) is 1.25. The van der Waals surface area contributed by atoms with Gasteiger partial charge in [-0.2, -0.15) is 13.2 Å². The number of aliphatic hydroxyl groups is 4. The Morgan fingerprint density at radius 2 is 1.72 bits per heavy atom. The van der Waals surface area contributed by atoms with E-state index >= 15 is 0 Å². The van der Waals surface area contributed by atoms with Gasteiger partial charge in [0.05, 0.1) is 6.61 Å². The van der Waals surface area contributed by atoms with Gasteiger partial charge in [-0.3, -0.25) is 4.98 Å². The van der Waals surface area contributed by atoms with Gasteiger partial charge in [-0.15, -0.1) is 0 Å². The number of pyridine rings is 1. The van der Waals surface area contributed by atoms with Crippen molar-refractivity contribution in [2.24, 2.45) is 0 Å². The number of hydrogen-bond donors (Lipinski definition) is 4. The Labute approximate surface area is 164 Å². The summed E-state index contributed by atoms with van der Waals surface area (Å²) >= 11 is 0. The molecule has 0 spiro atoms. The minimum Gasteiger partial charge on any atom is -0.462 e. The summed E-state index contributed by atoms with van der Waals surface area (Å²) in [4.78, 5) is 3.33. The highest BCUT2D eigenvalue weighted by molar-refractivity contribution is 5.65. The number of aryl methyl sites for hydroxylation is 1. The molecular formula is C19H20F3NO6. The number of ether oxygens (including phenoxy) is 2. The predicted molar refractivity (Wildman–Crippen MR) is 93.8 cm³/mol. The van der Waals surface area contributed by atoms with Gasteiger partial charge in [0.1, 0.15) is 35.9 Å². The highest BCUT2D eigenvalue weighted by Crippen LogP contribution is 2.33. The zero-order chi connectivity index (χ0) is 21.3. The summed E-state index contributed by atoms with van der Waals surface area (Å²) in [5.74, 6) is 0.253. The molecule has 158 valence electrons. The number of aliphatic hydroxyl groups excluding tert-OH is 4. The smallest absolute Gasteiger partial charge is 0.433 e. The molecule has 0 bridgehead atoms. The Kier molecular flexibility index (Phi) is 6.11. The number of aromatic nitrogens is 1. The SMILES string of the molecule is Cc1cc(-c2ccnc(C(F)(F)F)c2)ccc1O[C@H]1O[C@H](CO)[C@@H](O)[C@H](O)[C@@H]1O. The number of rotatable bonds is 4. The van der Waals surface area contributed by atoms with Gasteiger partial charge in [0.2, 0.25) is 6.29 Å². The van der Waals surface area contributed by atoms with E-state index in [2.05, 4.69) is 4.98 Å². The van der Waals surface area contributed by atoms with Crippen molar-refractivity contribution in [3.63, 3.8) is 0 Å². The van der Waals surface area contributed by atoms with E-state index in [4.69, 9.17) is 9.47 Å². The number of alkyl halides is 3. The second-order valence-electron chi connectivity index (χ2n) is 6.72. The quantitative estimate of drug-likeness (QED) is 0.595. The lowest BCUT2D eigenvalue weighted by molar-refractivity contribution is -0.277. The van der Waals surface area contributed by atoms with Crippen LogP contribution in [0.3, 0.4) is 0 Å². The summed E-state index contributed by atoms with van der Waals surface area (Å²) in [6.07, 6.45) is -10.6. The van der Waals surface area contributed by atoms with Crippen LogP contribution in [-0.2, 0) is 10.9 Å². The minimum atomic E-state index is -4.56. The first-order valence-electron chi connectivity index (χ1n) is 8.73. The highest BCUT2D eigenvalue weighted by atomic mass is 19.4. The summed E-state index contributed by atoms with van der Waals surface area (Å²) in [6.45, 7) is 1.06. The summed E-state index contributed by atoms with van der Waals surface area (Å²) in [5, 5.41) is 38.9. The van der Waals surface area contributed by atoms with Gasteiger partial charge in [0, 0.05) is 6.20 Å². The van der Waals surface area contributed by atoms with Gasteiger partial charge in [-0.1, -0.05) is 6.07 Å². The maximum Gasteiger partial charge on any atom is 0.433 e. The molecule has 1 saturated heterocycles. The maximum atomic E-state index is 12.9. The molecule has 29 heavy (non-hydrogen) atoms. The number of hydrogen-bond acceptors (Lipinski definition) is 7. The lowest BCUT2D eigenvalue weighted by Gasteiger charge is -2.39. The standard InChI is InChI=1S/C19H20F3NO6/c1-9-6-10(11-4-5-23-14(7-11)19(20,21)22)2-3-12(9)28-18-17(27)16(26)15(25)13(8-24)29-18/h2-7,13,15-18,24-27H,8H2,1H3/t13-,15-,16+,17+,18+/m1/s1. The topological polar surface area (TPSA) is 112 Å². The van der Waals surface area contributed by atoms with Crippen LogP contribution < -0.4 is 4.74 Å². The fraction of sp³-hybridized carbons (Fsp3) is 0.421. The molecule has 1 aromatic carbocycles. The molecule has 2 heterocycles. The van der Waals surface area contributed by atoms with Crippen molar-refractivity contribution >= 4 is 0 Å². The molecular weight excluding hydrogens is 395 g/mol. The zero-order valence-electron chi connectivity index (χ0n) is 15.2. The Hall–Kier alpha value is -2.24. The van der Waals surface area contributed by atoms with E-state index < -0.39 is 49.2 Å². The third-order valence-electron chi connectivity index (χ3n) is 4.65. The average molecular weight is 415 g/mol. The largest absolute Gasteiger partial charge is 0.462 e. The summed E-state index contributed by atoms with van der Waals surface area (Å²) < 4.78 is 49.5. The number of nitrogens with zero attached hydrogens (tertiary/aromatic N) is 1. The van der Waals surface area contributed by atoms with Crippen LogP contribution in [0.5, 0.6) is 5.75 Å². The molecule has 3 rings (SSSR count). The molecule has 4 N–H and O–H groups in total. The lowest BCUT2D eigenvalue weighted by Crippen LogP contribution is -2.60. The van der Waals surface area contributed by atoms with Crippen LogP contribution in [-0.4, -0.2) is 62.7 Å². The molecule has 0 radical (unpaired) electrons. The van der Waals surface area contributed by atoms with Gasteiger partial charge in [-0.05, 0) is 47.9 Å². The van der Waals surface area contributed by atoms with E-state index in [0.29, 0.717) is 16.7 Å². The van der Waals surface area contributed by atoms with Crippen LogP contribution in [0.1, 0.15) is 11.3 Å². The van der Waals surface area contributed by atoms with Gasteiger partial charge >= 0.3 is 6.18 Å². The molecule has 0 aliphatic carbocycles. The van der Waals surface area contributed by atoms with E-state index in [1.807, 2.05) is 0 Å². The van der Waals surface area contributed by atoms with E-state index in [0.717, 1.165) is 12.3 Å². The monoisotopic (exact) mass is 415 g/mol. The molecule has 1 aliphatic rings. The molecule has 0 unspecified atom stereocenters. The average Bonchev–Trinajstić information content (AvgIpc) is 2.69. The first-order chi connectivity index (χ1) is 13.6. The Balaban J connectivity index is 1.82. The fourth-order valence-electron chi connectivity index (χ4n) is 3.02. The second-order valence-corrected chi connectivity index (χ2v) is 6.72. The van der Waals surface area contributed by atoms with Gasteiger partial charge in [0.15, 0.2) is 0 Å². The van der Waals surface area contributed by atoms with Crippen molar-refractivity contribution in [3.05, 3.63) is 47.8 Å². The molecule has 1 aliphatic heterocycles. The summed E-state index contributed by atoms with van der Waals surface area (Å²) in [7, 11) is 0. The van der Waals surface area contributed by atoms with Crippen LogP contribution >= 0.6 is 0 Å². The molecule has 2 aromatic rings. The van der Waals surface area contributed by atoms with Crippen molar-refractivity contribution in [1.82, 2.24) is 4.98 Å². The van der Waals surface area contributed by atoms with Crippen LogP contribution in [0.2, 0.25) is 0 Å². The van der Waals surface area contributed by atoms with E-state index in [1.165, 1.54) is 18.2 Å². The Morgan fingerprint density at radius 1 is 1.03 bits per heavy atom. The van der Waals surface area contributed by atoms with Crippen molar-refractivity contribution in [2.75, 3.05) is 6.61 Å². The third-order valence-corrected chi connectivity index (χ3v) is 4.65. The van der Waals surface area contributed by atoms with E-state index in [-0.39, 0.29) is 5.75 Å². The van der Waals surface area contributed by atoms with Crippen LogP contribution in [0.4, 0.5) is 13.2 Å². The zero-order valence-corrected chi connectivity index (χ0v) is 15.2. The molecule has 0 saturated carbocycles. The van der Waals surface area contributed by atoms with Crippen molar-refractivity contribution < 1.29 is 43.1 Å². The first-order valence-corrected chi connectivity index (χ1v) is 8.73. The van der Waals surface area contributed by atoms with Crippen molar-refractivity contribution in [3.8, 4) is 16.9 Å². The lowest BCUT2D eigenvalue weighted by atomic mass is 9.99. The van der Waals surface area contributed by atoms with Crippen LogP contribution in [0, 0.1) is 6.92 Å². The Bertz CT molecular complexity index is 860. The first kappa shape index (κ1) is 21.5. The van der Waals surface area contributed by atoms with E-state index in [1.54, 1.807) is 13.0 Å². The summed E-state index contributed by atoms with van der Waals surface area (Å²) in [6, 6.07) is 6.99. The normalized spacial score (nSPS) is 27.7. The highest BCUT2D eigenvalue weighted by Gasteiger charge is 2.44. The molecule has 10 heteroatoms. The van der Waals surface area contributed by atoms with E-state index in [9.17, 15) is 33.6 Å². The van der Waals surface area contributed by atoms with Crippen molar-refractivity contribution in [2.45, 2.75) is 43.8 Å². The van der Waals surface area contributed by atoms with Gasteiger partial charge < -0.3 is 29.9 Å². The third kappa shape index (κ3) is 4.51. The second kappa shape index (κ2) is 8.25. The van der Waals surface area contributed by atoms with Crippen molar-refractivity contribution in [1.29, 1.82) is 0 Å². The molecule has 0 amide bonds. The molecule has 7 nitrogen and oxygen atoms in total. The molecule has 1 aromatic heterocycles. The maximum absolute atomic E-state index is 12.9. The minimum absolute atomic E-state index is 0.253. The fourth-order valence-corrected chi connectivity index (χ4v) is 3.02. The Morgan fingerprint density at radius 3 is 2.34 bits per heavy atom.